The molecule has 0 saturated carbocycles. The fourth-order valence-electron chi connectivity index (χ4n) is 2.66. The van der Waals surface area contributed by atoms with Crippen LogP contribution in [-0.2, 0) is 22.9 Å². The standard InChI is InChI=1S/C19H23ClN2O3S/c1-5-13-10-11-17(20)16(6-2)18(13)21-19(23)14-8-7-9-15(12-14)26(24,25)22(3)4/h7-12H,5-6H2,1-4H3,(H,21,23). The molecule has 7 heteroatoms. The van der Waals surface area contributed by atoms with E-state index in [9.17, 15) is 13.2 Å². The van der Waals surface area contributed by atoms with Crippen molar-refractivity contribution >= 4 is 33.2 Å². The Hall–Kier alpha value is -1.89. The molecule has 5 nitrogen and oxygen atoms in total. The minimum Gasteiger partial charge on any atom is -0.321 e. The zero-order chi connectivity index (χ0) is 19.5. The topological polar surface area (TPSA) is 66.5 Å². The number of carbonyl (C=O) groups is 1. The Morgan fingerprint density at radius 2 is 1.81 bits per heavy atom. The van der Waals surface area contributed by atoms with Crippen LogP contribution >= 0.6 is 11.6 Å². The van der Waals surface area contributed by atoms with Crippen LogP contribution < -0.4 is 5.32 Å². The quantitative estimate of drug-likeness (QED) is 0.806. The van der Waals surface area contributed by atoms with Crippen molar-refractivity contribution in [2.75, 3.05) is 19.4 Å². The number of hydrogen-bond acceptors (Lipinski definition) is 3. The third-order valence-electron chi connectivity index (χ3n) is 4.19. The summed E-state index contributed by atoms with van der Waals surface area (Å²) in [5, 5.41) is 3.52. The van der Waals surface area contributed by atoms with Gasteiger partial charge in [0.05, 0.1) is 4.90 Å². The smallest absolute Gasteiger partial charge is 0.255 e. The summed E-state index contributed by atoms with van der Waals surface area (Å²) in [6.07, 6.45) is 1.42. The molecule has 2 aromatic rings. The predicted octanol–water partition coefficient (Wildman–Crippen LogP) is 3.97. The second-order valence-corrected chi connectivity index (χ2v) is 8.60. The van der Waals surface area contributed by atoms with E-state index in [1.165, 1.54) is 26.2 Å². The van der Waals surface area contributed by atoms with E-state index in [4.69, 9.17) is 11.6 Å². The second-order valence-electron chi connectivity index (χ2n) is 6.04. The Morgan fingerprint density at radius 3 is 2.38 bits per heavy atom. The molecule has 0 bridgehead atoms. The van der Waals surface area contributed by atoms with Crippen LogP contribution in [0.1, 0.15) is 35.3 Å². The molecule has 0 saturated heterocycles. The minimum absolute atomic E-state index is 0.0766. The maximum absolute atomic E-state index is 12.7. The highest BCUT2D eigenvalue weighted by molar-refractivity contribution is 7.89. The maximum atomic E-state index is 12.7. The number of carbonyl (C=O) groups excluding carboxylic acids is 1. The van der Waals surface area contributed by atoms with E-state index in [-0.39, 0.29) is 16.4 Å². The minimum atomic E-state index is -3.61. The highest BCUT2D eigenvalue weighted by Crippen LogP contribution is 2.30. The Kier molecular flexibility index (Phi) is 6.44. The number of sulfonamides is 1. The van der Waals surface area contributed by atoms with Gasteiger partial charge in [0.2, 0.25) is 10.0 Å². The zero-order valence-electron chi connectivity index (χ0n) is 15.3. The first-order chi connectivity index (χ1) is 12.2. The average Bonchev–Trinajstić information content (AvgIpc) is 2.62. The third-order valence-corrected chi connectivity index (χ3v) is 6.36. The summed E-state index contributed by atoms with van der Waals surface area (Å²) >= 11 is 6.27. The second kappa shape index (κ2) is 8.20. The molecule has 0 unspecified atom stereocenters. The van der Waals surface area contributed by atoms with Crippen molar-refractivity contribution in [2.24, 2.45) is 0 Å². The van der Waals surface area contributed by atoms with E-state index in [1.807, 2.05) is 26.0 Å². The van der Waals surface area contributed by atoms with Gasteiger partial charge in [-0.15, -0.1) is 0 Å². The Labute approximate surface area is 160 Å². The summed E-state index contributed by atoms with van der Waals surface area (Å²) in [6, 6.07) is 9.73. The van der Waals surface area contributed by atoms with E-state index < -0.39 is 10.0 Å². The number of rotatable bonds is 6. The molecule has 2 aromatic carbocycles. The van der Waals surface area contributed by atoms with Gasteiger partial charge in [-0.2, -0.15) is 0 Å². The zero-order valence-corrected chi connectivity index (χ0v) is 16.9. The van der Waals surface area contributed by atoms with Gasteiger partial charge in [0.25, 0.3) is 5.91 Å². The molecule has 2 rings (SSSR count). The normalized spacial score (nSPS) is 11.6. The number of anilines is 1. The summed E-state index contributed by atoms with van der Waals surface area (Å²) in [5.41, 5.74) is 2.83. The summed E-state index contributed by atoms with van der Waals surface area (Å²) < 4.78 is 25.7. The van der Waals surface area contributed by atoms with Crippen LogP contribution in [0.2, 0.25) is 5.02 Å². The summed E-state index contributed by atoms with van der Waals surface area (Å²) in [7, 11) is -0.699. The van der Waals surface area contributed by atoms with E-state index in [0.29, 0.717) is 17.1 Å². The first-order valence-corrected chi connectivity index (χ1v) is 10.2. The Balaban J connectivity index is 2.43. The number of nitrogens with one attached hydrogen (secondary N) is 1. The predicted molar refractivity (Wildman–Crippen MR) is 105 cm³/mol. The molecule has 140 valence electrons. The van der Waals surface area contributed by atoms with Gasteiger partial charge < -0.3 is 5.32 Å². The summed E-state index contributed by atoms with van der Waals surface area (Å²) in [4.78, 5) is 12.8. The van der Waals surface area contributed by atoms with Crippen molar-refractivity contribution in [3.05, 3.63) is 58.1 Å². The fraction of sp³-hybridized carbons (Fsp3) is 0.316. The molecular formula is C19H23ClN2O3S. The molecule has 0 aliphatic heterocycles. The summed E-state index contributed by atoms with van der Waals surface area (Å²) in [5.74, 6) is -0.368. The van der Waals surface area contributed by atoms with Gasteiger partial charge in [-0.1, -0.05) is 37.6 Å². The van der Waals surface area contributed by atoms with Crippen LogP contribution in [0.25, 0.3) is 0 Å². The van der Waals surface area contributed by atoms with Crippen LogP contribution in [0, 0.1) is 0 Å². The molecule has 1 N–H and O–H groups in total. The molecule has 26 heavy (non-hydrogen) atoms. The highest BCUT2D eigenvalue weighted by atomic mass is 35.5. The lowest BCUT2D eigenvalue weighted by Crippen LogP contribution is -2.23. The van der Waals surface area contributed by atoms with Gasteiger partial charge in [0, 0.05) is 30.4 Å². The molecule has 0 radical (unpaired) electrons. The van der Waals surface area contributed by atoms with Gasteiger partial charge >= 0.3 is 0 Å². The monoisotopic (exact) mass is 394 g/mol. The molecule has 1 amide bonds. The van der Waals surface area contributed by atoms with Gasteiger partial charge in [-0.3, -0.25) is 4.79 Å². The van der Waals surface area contributed by atoms with E-state index in [1.54, 1.807) is 12.1 Å². The average molecular weight is 395 g/mol. The molecular weight excluding hydrogens is 372 g/mol. The van der Waals surface area contributed by atoms with Gasteiger partial charge in [-0.05, 0) is 48.2 Å². The molecule has 0 spiro atoms. The van der Waals surface area contributed by atoms with E-state index in [0.717, 1.165) is 21.9 Å². The number of halogens is 1. The van der Waals surface area contributed by atoms with Crippen molar-refractivity contribution < 1.29 is 13.2 Å². The molecule has 0 fully saturated rings. The number of amides is 1. The van der Waals surface area contributed by atoms with Gasteiger partial charge in [-0.25, -0.2) is 12.7 Å². The Bertz CT molecular complexity index is 924. The lowest BCUT2D eigenvalue weighted by molar-refractivity contribution is 0.102. The van der Waals surface area contributed by atoms with Gasteiger partial charge in [0.1, 0.15) is 0 Å². The third kappa shape index (κ3) is 4.09. The number of hydrogen-bond donors (Lipinski definition) is 1. The van der Waals surface area contributed by atoms with E-state index in [2.05, 4.69) is 5.32 Å². The molecule has 0 aliphatic rings. The number of benzene rings is 2. The van der Waals surface area contributed by atoms with Crippen LogP contribution in [-0.4, -0.2) is 32.7 Å². The fourth-order valence-corrected chi connectivity index (χ4v) is 3.90. The highest BCUT2D eigenvalue weighted by Gasteiger charge is 2.20. The van der Waals surface area contributed by atoms with Crippen LogP contribution in [0.5, 0.6) is 0 Å². The largest absolute Gasteiger partial charge is 0.321 e. The maximum Gasteiger partial charge on any atom is 0.255 e. The van der Waals surface area contributed by atoms with Crippen LogP contribution in [0.15, 0.2) is 41.3 Å². The van der Waals surface area contributed by atoms with Crippen LogP contribution in [0.3, 0.4) is 0 Å². The number of aryl methyl sites for hydroxylation is 1. The lowest BCUT2D eigenvalue weighted by Gasteiger charge is -2.16. The van der Waals surface area contributed by atoms with Crippen molar-refractivity contribution in [2.45, 2.75) is 31.6 Å². The van der Waals surface area contributed by atoms with Gasteiger partial charge in [0.15, 0.2) is 0 Å². The molecule has 0 aliphatic carbocycles. The van der Waals surface area contributed by atoms with Crippen molar-refractivity contribution in [3.63, 3.8) is 0 Å². The van der Waals surface area contributed by atoms with Crippen LogP contribution in [0.4, 0.5) is 5.69 Å². The Morgan fingerprint density at radius 1 is 1.12 bits per heavy atom. The molecule has 0 aromatic heterocycles. The SMILES string of the molecule is CCc1ccc(Cl)c(CC)c1NC(=O)c1cccc(S(=O)(=O)N(C)C)c1. The van der Waals surface area contributed by atoms with Crippen molar-refractivity contribution in [3.8, 4) is 0 Å². The van der Waals surface area contributed by atoms with Crippen molar-refractivity contribution in [1.29, 1.82) is 0 Å². The molecule has 0 heterocycles. The van der Waals surface area contributed by atoms with Crippen molar-refractivity contribution in [1.82, 2.24) is 4.31 Å². The first kappa shape index (κ1) is 20.4. The first-order valence-electron chi connectivity index (χ1n) is 8.36. The summed E-state index contributed by atoms with van der Waals surface area (Å²) in [6.45, 7) is 3.98. The lowest BCUT2D eigenvalue weighted by atomic mass is 10.0. The molecule has 0 atom stereocenters. The number of nitrogens with zero attached hydrogens (tertiary/aromatic N) is 1. The van der Waals surface area contributed by atoms with E-state index >= 15 is 0 Å².